The van der Waals surface area contributed by atoms with Gasteiger partial charge in [0.15, 0.2) is 0 Å². The van der Waals surface area contributed by atoms with Crippen LogP contribution in [-0.2, 0) is 0 Å². The Morgan fingerprint density at radius 2 is 2.29 bits per heavy atom. The summed E-state index contributed by atoms with van der Waals surface area (Å²) in [6, 6.07) is 6.79. The first-order chi connectivity index (χ1) is 8.09. The van der Waals surface area contributed by atoms with Crippen LogP contribution in [0.25, 0.3) is 0 Å². The summed E-state index contributed by atoms with van der Waals surface area (Å²) < 4.78 is 0. The molecule has 0 radical (unpaired) electrons. The molecule has 0 bridgehead atoms. The molecule has 2 N–H and O–H groups in total. The quantitative estimate of drug-likeness (QED) is 0.914. The summed E-state index contributed by atoms with van der Waals surface area (Å²) in [5.74, 6) is 2.45. The van der Waals surface area contributed by atoms with Crippen molar-refractivity contribution in [1.29, 1.82) is 0 Å². The van der Waals surface area contributed by atoms with Crippen molar-refractivity contribution in [2.45, 2.75) is 25.4 Å². The maximum atomic E-state index is 6.34. The largest absolute Gasteiger partial charge is 0.370 e. The maximum Gasteiger partial charge on any atom is 0.0642 e. The Hall–Kier alpha value is -0.380. The number of nitrogens with two attached hydrogens (primary N) is 1. The lowest BCUT2D eigenvalue weighted by Gasteiger charge is -2.27. The van der Waals surface area contributed by atoms with Crippen LogP contribution in [0.2, 0.25) is 5.02 Å². The van der Waals surface area contributed by atoms with Crippen molar-refractivity contribution in [3.63, 3.8) is 0 Å². The molecule has 1 unspecified atom stereocenters. The van der Waals surface area contributed by atoms with Crippen molar-refractivity contribution in [2.24, 2.45) is 5.73 Å². The zero-order valence-electron chi connectivity index (χ0n) is 10.3. The third-order valence-electron chi connectivity index (χ3n) is 3.33. The highest BCUT2D eigenvalue weighted by Crippen LogP contribution is 2.32. The van der Waals surface area contributed by atoms with Gasteiger partial charge in [-0.2, -0.15) is 11.8 Å². The van der Waals surface area contributed by atoms with Gasteiger partial charge in [-0.25, -0.2) is 0 Å². The van der Waals surface area contributed by atoms with E-state index < -0.39 is 0 Å². The van der Waals surface area contributed by atoms with Crippen molar-refractivity contribution in [3.8, 4) is 0 Å². The highest BCUT2D eigenvalue weighted by atomic mass is 35.5. The van der Waals surface area contributed by atoms with Crippen LogP contribution in [-0.4, -0.2) is 24.6 Å². The Labute approximate surface area is 113 Å². The monoisotopic (exact) mass is 270 g/mol. The van der Waals surface area contributed by atoms with Crippen molar-refractivity contribution in [1.82, 2.24) is 0 Å². The first-order valence-electron chi connectivity index (χ1n) is 5.95. The van der Waals surface area contributed by atoms with E-state index in [1.54, 1.807) is 0 Å². The minimum absolute atomic E-state index is 0.0360. The predicted octanol–water partition coefficient (Wildman–Crippen LogP) is 3.30. The van der Waals surface area contributed by atoms with Gasteiger partial charge < -0.3 is 10.6 Å². The molecule has 1 aliphatic heterocycles. The summed E-state index contributed by atoms with van der Waals surface area (Å²) in [5, 5.41) is 0.805. The third kappa shape index (κ3) is 2.90. The van der Waals surface area contributed by atoms with E-state index in [2.05, 4.69) is 24.1 Å². The molecular formula is C13H19ClN2S. The fourth-order valence-corrected chi connectivity index (χ4v) is 3.71. The highest BCUT2D eigenvalue weighted by molar-refractivity contribution is 7.99. The summed E-state index contributed by atoms with van der Waals surface area (Å²) in [6.45, 7) is 1.97. The molecule has 0 aliphatic carbocycles. The van der Waals surface area contributed by atoms with Crippen molar-refractivity contribution in [2.75, 3.05) is 23.5 Å². The lowest BCUT2D eigenvalue weighted by Crippen LogP contribution is -2.31. The van der Waals surface area contributed by atoms with Crippen LogP contribution in [0.1, 0.15) is 24.9 Å². The molecule has 1 aromatic carbocycles. The van der Waals surface area contributed by atoms with Gasteiger partial charge in [-0.15, -0.1) is 0 Å². The van der Waals surface area contributed by atoms with Gasteiger partial charge in [0.05, 0.1) is 10.7 Å². The molecule has 0 amide bonds. The smallest absolute Gasteiger partial charge is 0.0642 e. The molecule has 4 heteroatoms. The van der Waals surface area contributed by atoms with Gasteiger partial charge in [0.2, 0.25) is 0 Å². The maximum absolute atomic E-state index is 6.34. The normalized spacial score (nSPS) is 21.5. The molecule has 94 valence electrons. The third-order valence-corrected chi connectivity index (χ3v) is 4.78. The van der Waals surface area contributed by atoms with Crippen LogP contribution in [0.4, 0.5) is 5.69 Å². The lowest BCUT2D eigenvalue weighted by molar-refractivity contribution is 0.699. The van der Waals surface area contributed by atoms with E-state index in [1.165, 1.54) is 17.9 Å². The minimum Gasteiger partial charge on any atom is -0.370 e. The second kappa shape index (κ2) is 5.51. The fourth-order valence-electron chi connectivity index (χ4n) is 2.12. The molecule has 2 nitrogen and oxygen atoms in total. The van der Waals surface area contributed by atoms with E-state index in [-0.39, 0.29) is 6.04 Å². The summed E-state index contributed by atoms with van der Waals surface area (Å²) in [4.78, 5) is 2.30. The Kier molecular flexibility index (Phi) is 4.23. The Balaban J connectivity index is 2.20. The van der Waals surface area contributed by atoms with Gasteiger partial charge in [-0.3, -0.25) is 0 Å². The Bertz CT molecular complexity index is 389. The van der Waals surface area contributed by atoms with Crippen LogP contribution >= 0.6 is 23.4 Å². The average molecular weight is 271 g/mol. The van der Waals surface area contributed by atoms with Gasteiger partial charge in [0.1, 0.15) is 0 Å². The molecule has 17 heavy (non-hydrogen) atoms. The number of hydrogen-bond acceptors (Lipinski definition) is 3. The van der Waals surface area contributed by atoms with E-state index in [1.807, 2.05) is 24.8 Å². The minimum atomic E-state index is 0.0360. The second-order valence-corrected chi connectivity index (χ2v) is 6.18. The molecule has 1 saturated heterocycles. The average Bonchev–Trinajstić information content (AvgIpc) is 2.81. The zero-order chi connectivity index (χ0) is 12.4. The van der Waals surface area contributed by atoms with Gasteiger partial charge in [0, 0.05) is 24.9 Å². The van der Waals surface area contributed by atoms with E-state index in [0.29, 0.717) is 6.04 Å². The molecule has 1 aliphatic rings. The number of hydrogen-bond donors (Lipinski definition) is 1. The summed E-state index contributed by atoms with van der Waals surface area (Å²) >= 11 is 8.36. The van der Waals surface area contributed by atoms with Crippen LogP contribution in [0.3, 0.4) is 0 Å². The van der Waals surface area contributed by atoms with Gasteiger partial charge in [0.25, 0.3) is 0 Å². The molecule has 0 spiro atoms. The Morgan fingerprint density at radius 1 is 1.53 bits per heavy atom. The molecule has 1 heterocycles. The topological polar surface area (TPSA) is 29.3 Å². The van der Waals surface area contributed by atoms with Crippen LogP contribution in [0, 0.1) is 0 Å². The first-order valence-corrected chi connectivity index (χ1v) is 7.48. The summed E-state index contributed by atoms with van der Waals surface area (Å²) in [7, 11) is 2.13. The first kappa shape index (κ1) is 13.1. The predicted molar refractivity (Wildman–Crippen MR) is 78.2 cm³/mol. The number of rotatable bonds is 3. The standard InChI is InChI=1S/C13H19ClN2S/c1-9(15)10-3-4-13(12(14)7-10)16(2)11-5-6-17-8-11/h3-4,7,9,11H,5-6,8,15H2,1-2H3/t9-,11?/m0/s1. The van der Waals surface area contributed by atoms with Gasteiger partial charge in [-0.1, -0.05) is 17.7 Å². The molecule has 1 aromatic rings. The van der Waals surface area contributed by atoms with Crippen molar-refractivity contribution in [3.05, 3.63) is 28.8 Å². The Morgan fingerprint density at radius 3 is 2.82 bits per heavy atom. The summed E-state index contributed by atoms with van der Waals surface area (Å²) in [6.07, 6.45) is 1.24. The highest BCUT2D eigenvalue weighted by Gasteiger charge is 2.21. The van der Waals surface area contributed by atoms with Gasteiger partial charge in [-0.05, 0) is 36.8 Å². The van der Waals surface area contributed by atoms with Crippen LogP contribution < -0.4 is 10.6 Å². The number of benzene rings is 1. The molecule has 2 rings (SSSR count). The molecule has 0 aromatic heterocycles. The van der Waals surface area contributed by atoms with Gasteiger partial charge >= 0.3 is 0 Å². The molecule has 1 fully saturated rings. The second-order valence-electron chi connectivity index (χ2n) is 4.63. The SMILES string of the molecule is C[C@H](N)c1ccc(N(C)C2CCSC2)c(Cl)c1. The molecule has 2 atom stereocenters. The van der Waals surface area contributed by atoms with Crippen LogP contribution in [0.5, 0.6) is 0 Å². The van der Waals surface area contributed by atoms with E-state index in [9.17, 15) is 0 Å². The van der Waals surface area contributed by atoms with Crippen molar-refractivity contribution >= 4 is 29.1 Å². The van der Waals surface area contributed by atoms with E-state index in [4.69, 9.17) is 17.3 Å². The zero-order valence-corrected chi connectivity index (χ0v) is 11.9. The fraction of sp³-hybridized carbons (Fsp3) is 0.538. The van der Waals surface area contributed by atoms with E-state index >= 15 is 0 Å². The number of thioether (sulfide) groups is 1. The van der Waals surface area contributed by atoms with Crippen LogP contribution in [0.15, 0.2) is 18.2 Å². The number of anilines is 1. The van der Waals surface area contributed by atoms with E-state index in [0.717, 1.165) is 16.3 Å². The molecular weight excluding hydrogens is 252 g/mol. The molecule has 0 saturated carbocycles. The number of halogens is 1. The number of nitrogens with zero attached hydrogens (tertiary/aromatic N) is 1. The van der Waals surface area contributed by atoms with Crippen molar-refractivity contribution < 1.29 is 0 Å². The summed E-state index contributed by atoms with van der Waals surface area (Å²) in [5.41, 5.74) is 8.06. The lowest BCUT2D eigenvalue weighted by atomic mass is 10.1.